The number of fused-ring (bicyclic) bond motifs is 1. The Labute approximate surface area is 334 Å². The number of hydrogen-bond acceptors (Lipinski definition) is 13. The number of ether oxygens (including phenoxy) is 5. The molecule has 1 saturated heterocycles. The number of alkyl halides is 1. The van der Waals surface area contributed by atoms with Crippen LogP contribution in [0.2, 0.25) is 5.28 Å². The number of Topliss-reactive ketones (excluding diaryl/α,β-unsaturated/α-hetero) is 1. The van der Waals surface area contributed by atoms with Crippen LogP contribution in [0.15, 0.2) is 30.6 Å². The summed E-state index contributed by atoms with van der Waals surface area (Å²) in [6, 6.07) is 6.60. The van der Waals surface area contributed by atoms with Crippen molar-refractivity contribution >= 4 is 75.6 Å². The van der Waals surface area contributed by atoms with Crippen molar-refractivity contribution in [2.45, 2.75) is 104 Å². The van der Waals surface area contributed by atoms with Crippen molar-refractivity contribution in [1.29, 1.82) is 0 Å². The summed E-state index contributed by atoms with van der Waals surface area (Å²) in [5, 5.41) is 5.08. The maximum absolute atomic E-state index is 13.6. The third-order valence-electron chi connectivity index (χ3n) is 8.85. The third kappa shape index (κ3) is 10.3. The van der Waals surface area contributed by atoms with Crippen molar-refractivity contribution < 1.29 is 47.7 Å². The number of nitrogens with one attached hydrogen (secondary N) is 2. The summed E-state index contributed by atoms with van der Waals surface area (Å²) in [7, 11) is 0. The number of rotatable bonds is 16. The lowest BCUT2D eigenvalue weighted by Crippen LogP contribution is -2.53. The molecular formula is C38H46Cl2N6O10. The van der Waals surface area contributed by atoms with E-state index < -0.39 is 65.5 Å². The molecule has 16 nitrogen and oxygen atoms in total. The molecule has 0 saturated carbocycles. The summed E-state index contributed by atoms with van der Waals surface area (Å²) in [5.41, 5.74) is -3.17. The van der Waals surface area contributed by atoms with Gasteiger partial charge in [0.25, 0.3) is 0 Å². The van der Waals surface area contributed by atoms with E-state index in [0.717, 1.165) is 0 Å². The number of amides is 2. The largest absolute Gasteiger partial charge is 0.463 e. The maximum atomic E-state index is 13.6. The highest BCUT2D eigenvalue weighted by atomic mass is 35.5. The van der Waals surface area contributed by atoms with Crippen LogP contribution in [-0.2, 0) is 49.3 Å². The van der Waals surface area contributed by atoms with Crippen LogP contribution in [-0.4, -0.2) is 91.7 Å². The molecule has 2 amide bonds. The van der Waals surface area contributed by atoms with Crippen molar-refractivity contribution in [3.63, 3.8) is 0 Å². The number of ketones is 1. The average molecular weight is 818 g/mol. The van der Waals surface area contributed by atoms with Gasteiger partial charge in [0, 0.05) is 31.3 Å². The van der Waals surface area contributed by atoms with Gasteiger partial charge >= 0.3 is 18.0 Å². The quantitative estimate of drug-likeness (QED) is 0.0335. The number of anilines is 2. The summed E-state index contributed by atoms with van der Waals surface area (Å²) < 4.78 is 30.6. The molecule has 3 heterocycles. The second-order valence-electron chi connectivity index (χ2n) is 14.2. The van der Waals surface area contributed by atoms with Crippen LogP contribution in [0.3, 0.4) is 0 Å². The summed E-state index contributed by atoms with van der Waals surface area (Å²) in [5.74, 6) is 0.629. The maximum Gasteiger partial charge on any atom is 0.413 e. The van der Waals surface area contributed by atoms with Crippen LogP contribution < -0.4 is 10.6 Å². The van der Waals surface area contributed by atoms with Gasteiger partial charge in [0.05, 0.1) is 25.0 Å². The molecule has 4 rings (SSSR count). The smallest absolute Gasteiger partial charge is 0.413 e. The van der Waals surface area contributed by atoms with Crippen molar-refractivity contribution in [1.82, 2.24) is 19.5 Å². The average Bonchev–Trinajstić information content (AvgIpc) is 3.64. The minimum Gasteiger partial charge on any atom is -0.463 e. The van der Waals surface area contributed by atoms with Crippen LogP contribution in [0, 0.1) is 17.8 Å². The van der Waals surface area contributed by atoms with Crippen molar-refractivity contribution in [2.75, 3.05) is 29.7 Å². The lowest BCUT2D eigenvalue weighted by Gasteiger charge is -2.33. The molecule has 2 N–H and O–H groups in total. The van der Waals surface area contributed by atoms with E-state index in [1.54, 1.807) is 58.9 Å². The lowest BCUT2D eigenvalue weighted by molar-refractivity contribution is -0.182. The summed E-state index contributed by atoms with van der Waals surface area (Å²) in [6.45, 7) is 10.2. The number of nitrogens with zero attached hydrogens (tertiary/aromatic N) is 4. The van der Waals surface area contributed by atoms with E-state index in [1.165, 1.54) is 24.7 Å². The standard InChI is InChI=1S/C38H46Cl2N6O10/c1-9-37(8)26(20-53-38(22(3)47,33(50)52-10-2)19-24-14-16-25(17-15-24)42-27(49)13-11-12-18-39)55-32(29(37)54-23(4)48)46-21-41-28-30(43-34(40)45-31(28)46)44-35(51)56-36(5,6)7/h1,14-17,21,26,29,32H,10-13,18-20H2,2-8H3,(H,42,49)(H,43,44,45,51)/t26-,29+,32-,37+,38?/m1/s1. The molecule has 1 unspecified atom stereocenters. The summed E-state index contributed by atoms with van der Waals surface area (Å²) >= 11 is 12.0. The Hall–Kier alpha value is -4.82. The Balaban J connectivity index is 1.67. The fraction of sp³-hybridized carbons (Fsp3) is 0.526. The lowest BCUT2D eigenvalue weighted by atomic mass is 9.81. The van der Waals surface area contributed by atoms with E-state index in [9.17, 15) is 24.0 Å². The zero-order chi connectivity index (χ0) is 41.4. The summed E-state index contributed by atoms with van der Waals surface area (Å²) in [4.78, 5) is 77.3. The SMILES string of the molecule is C#C[C@@]1(C)[C@@H](COC(Cc2ccc(NC(=O)CCCCCl)cc2)(C(C)=O)C(=O)OCC)O[C@@H](n2cnc3c(NC(=O)OC(C)(C)C)nc(Cl)nc32)[C@@H]1OC(C)=O. The van der Waals surface area contributed by atoms with Crippen molar-refractivity contribution in [2.24, 2.45) is 5.41 Å². The number of benzene rings is 1. The Morgan fingerprint density at radius 2 is 1.77 bits per heavy atom. The number of carbonyl (C=O) groups is 5. The number of halogens is 2. The van der Waals surface area contributed by atoms with E-state index in [4.69, 9.17) is 53.3 Å². The Kier molecular flexibility index (Phi) is 14.4. The highest BCUT2D eigenvalue weighted by Crippen LogP contribution is 2.47. The zero-order valence-electron chi connectivity index (χ0n) is 32.3. The normalized spacial score (nSPS) is 20.4. The predicted molar refractivity (Wildman–Crippen MR) is 206 cm³/mol. The van der Waals surface area contributed by atoms with Gasteiger partial charge in [0.1, 0.15) is 11.7 Å². The van der Waals surface area contributed by atoms with Crippen molar-refractivity contribution in [3.05, 3.63) is 41.4 Å². The van der Waals surface area contributed by atoms with Gasteiger partial charge in [0.2, 0.25) is 16.8 Å². The molecule has 5 atom stereocenters. The van der Waals surface area contributed by atoms with Crippen molar-refractivity contribution in [3.8, 4) is 12.3 Å². The summed E-state index contributed by atoms with van der Waals surface area (Å²) in [6.07, 6.45) is 4.54. The van der Waals surface area contributed by atoms with E-state index >= 15 is 0 Å². The second kappa shape index (κ2) is 18.4. The molecule has 0 bridgehead atoms. The third-order valence-corrected chi connectivity index (χ3v) is 9.28. The van der Waals surface area contributed by atoms with E-state index in [2.05, 4.69) is 31.5 Å². The first kappa shape index (κ1) is 43.9. The molecule has 2 aromatic heterocycles. The monoisotopic (exact) mass is 816 g/mol. The topological polar surface area (TPSA) is 199 Å². The van der Waals surface area contributed by atoms with Gasteiger partial charge in [-0.2, -0.15) is 9.97 Å². The predicted octanol–water partition coefficient (Wildman–Crippen LogP) is 5.79. The molecule has 0 spiro atoms. The number of carbonyl (C=O) groups excluding carboxylic acids is 5. The molecule has 1 aliphatic heterocycles. The van der Waals surface area contributed by atoms with Gasteiger partial charge in [-0.1, -0.05) is 18.1 Å². The molecule has 18 heteroatoms. The number of esters is 2. The van der Waals surface area contributed by atoms with Crippen LogP contribution in [0.4, 0.5) is 16.3 Å². The molecule has 1 aromatic carbocycles. The van der Waals surface area contributed by atoms with Gasteiger partial charge in [0.15, 0.2) is 35.1 Å². The minimum absolute atomic E-state index is 0.0482. The van der Waals surface area contributed by atoms with Crippen LogP contribution >= 0.6 is 23.2 Å². The van der Waals surface area contributed by atoms with Crippen LogP contribution in [0.5, 0.6) is 0 Å². The second-order valence-corrected chi connectivity index (χ2v) is 15.0. The van der Waals surface area contributed by atoms with Crippen LogP contribution in [0.1, 0.15) is 79.5 Å². The first-order valence-electron chi connectivity index (χ1n) is 17.8. The minimum atomic E-state index is -2.15. The molecule has 1 aliphatic rings. The molecule has 0 radical (unpaired) electrons. The Morgan fingerprint density at radius 1 is 1.07 bits per heavy atom. The van der Waals surface area contributed by atoms with Gasteiger partial charge in [-0.3, -0.25) is 24.3 Å². The van der Waals surface area contributed by atoms with Gasteiger partial charge in [-0.15, -0.1) is 18.0 Å². The van der Waals surface area contributed by atoms with Crippen LogP contribution in [0.25, 0.3) is 11.2 Å². The molecule has 56 heavy (non-hydrogen) atoms. The first-order valence-corrected chi connectivity index (χ1v) is 18.8. The molecule has 3 aromatic rings. The van der Waals surface area contributed by atoms with E-state index in [1.807, 2.05) is 0 Å². The number of hydrogen-bond donors (Lipinski definition) is 2. The van der Waals surface area contributed by atoms with Gasteiger partial charge in [-0.25, -0.2) is 14.6 Å². The molecule has 302 valence electrons. The number of imidazole rings is 1. The number of unbranched alkanes of at least 4 members (excludes halogenated alkanes) is 1. The fourth-order valence-corrected chi connectivity index (χ4v) is 6.35. The van der Waals surface area contributed by atoms with Gasteiger partial charge < -0.3 is 29.0 Å². The first-order chi connectivity index (χ1) is 26.4. The highest BCUT2D eigenvalue weighted by Gasteiger charge is 2.58. The molecule has 0 aliphatic carbocycles. The molecular weight excluding hydrogens is 771 g/mol. The molecule has 1 fully saturated rings. The van der Waals surface area contributed by atoms with E-state index in [-0.39, 0.29) is 41.2 Å². The van der Waals surface area contributed by atoms with E-state index in [0.29, 0.717) is 36.4 Å². The Bertz CT molecular complexity index is 1980. The fourth-order valence-electron chi connectivity index (χ4n) is 6.00. The Morgan fingerprint density at radius 3 is 2.36 bits per heavy atom. The zero-order valence-corrected chi connectivity index (χ0v) is 33.8. The highest BCUT2D eigenvalue weighted by molar-refractivity contribution is 6.28. The number of terminal acetylenes is 1. The van der Waals surface area contributed by atoms with Gasteiger partial charge in [-0.05, 0) is 83.7 Å². The number of aromatic nitrogens is 4.